The fraction of sp³-hybridized carbons (Fsp3) is 0.829. The quantitative estimate of drug-likeness (QED) is 0.0224. The van der Waals surface area contributed by atoms with E-state index in [0.717, 1.165) is 57.8 Å². The van der Waals surface area contributed by atoms with Crippen LogP contribution in [0.5, 0.6) is 0 Å². The van der Waals surface area contributed by atoms with Crippen molar-refractivity contribution in [1.29, 1.82) is 0 Å². The summed E-state index contributed by atoms with van der Waals surface area (Å²) in [7, 11) is 1.65. The van der Waals surface area contributed by atoms with Crippen LogP contribution in [0.15, 0.2) is 36.5 Å². The number of carbonyl (C=O) groups is 1. The van der Waals surface area contributed by atoms with E-state index in [4.69, 9.17) is 18.5 Å². The van der Waals surface area contributed by atoms with Crippen molar-refractivity contribution in [2.75, 3.05) is 54.1 Å². The number of esters is 1. The lowest BCUT2D eigenvalue weighted by molar-refractivity contribution is -0.870. The SMILES string of the molecule is CCC/C=C\C/C=C\CCCCCCCCOCC(COP(=O)(O)OCC[N+](C)(C)C)OC(=O)CCCCCCC/C=C\CCCCCCC. The molecule has 9 heteroatoms. The lowest BCUT2D eigenvalue weighted by atomic mass is 10.1. The predicted molar refractivity (Wildman–Crippen MR) is 210 cm³/mol. The van der Waals surface area contributed by atoms with Crippen LogP contribution in [0.4, 0.5) is 0 Å². The molecule has 50 heavy (non-hydrogen) atoms. The molecule has 0 aliphatic carbocycles. The summed E-state index contributed by atoms with van der Waals surface area (Å²) in [6, 6.07) is 0. The number of unbranched alkanes of at least 4 members (excludes halogenated alkanes) is 17. The molecule has 0 rings (SSSR count). The van der Waals surface area contributed by atoms with E-state index in [2.05, 4.69) is 50.3 Å². The molecule has 0 bridgehead atoms. The van der Waals surface area contributed by atoms with Gasteiger partial charge in [0.1, 0.15) is 19.3 Å². The van der Waals surface area contributed by atoms with Gasteiger partial charge in [0.2, 0.25) is 0 Å². The summed E-state index contributed by atoms with van der Waals surface area (Å²) in [6.45, 7) is 5.51. The van der Waals surface area contributed by atoms with Gasteiger partial charge in [-0.25, -0.2) is 4.57 Å². The Labute approximate surface area is 308 Å². The Morgan fingerprint density at radius 2 is 1.14 bits per heavy atom. The van der Waals surface area contributed by atoms with Gasteiger partial charge in [-0.15, -0.1) is 0 Å². The zero-order valence-corrected chi connectivity index (χ0v) is 34.0. The molecule has 0 aromatic carbocycles. The van der Waals surface area contributed by atoms with Gasteiger partial charge in [-0.3, -0.25) is 13.8 Å². The molecule has 0 aromatic rings. The van der Waals surface area contributed by atoms with Crippen molar-refractivity contribution in [3.8, 4) is 0 Å². The third-order valence-electron chi connectivity index (χ3n) is 8.40. The standard InChI is InChI=1S/C41H78NO7P/c1-6-8-10-12-14-16-18-20-22-24-26-28-30-32-34-41(43)49-40(39-48-50(44,45)47-37-35-42(3,4)5)38-46-36-33-31-29-27-25-23-21-19-17-15-13-11-9-7-2/h11,13,17-20,40H,6-10,12,14-16,21-39H2,1-5H3/p+1/b13-11-,19-17-,20-18-. The topological polar surface area (TPSA) is 91.3 Å². The summed E-state index contributed by atoms with van der Waals surface area (Å²) in [6.07, 6.45) is 38.8. The minimum absolute atomic E-state index is 0.0844. The van der Waals surface area contributed by atoms with Gasteiger partial charge in [-0.1, -0.05) is 127 Å². The Bertz CT molecular complexity index is 900. The molecule has 0 saturated heterocycles. The van der Waals surface area contributed by atoms with E-state index in [1.807, 2.05) is 21.1 Å². The molecular weight excluding hydrogens is 649 g/mol. The first-order valence-corrected chi connectivity index (χ1v) is 21.7. The number of carbonyl (C=O) groups excluding carboxylic acids is 1. The number of ether oxygens (including phenoxy) is 2. The molecule has 0 amide bonds. The van der Waals surface area contributed by atoms with Gasteiger partial charge < -0.3 is 18.9 Å². The van der Waals surface area contributed by atoms with E-state index in [1.165, 1.54) is 83.5 Å². The van der Waals surface area contributed by atoms with E-state index < -0.39 is 13.9 Å². The summed E-state index contributed by atoms with van der Waals surface area (Å²) in [5.41, 5.74) is 0. The zero-order chi connectivity index (χ0) is 37.0. The minimum Gasteiger partial charge on any atom is -0.457 e. The number of quaternary nitrogens is 1. The predicted octanol–water partition coefficient (Wildman–Crippen LogP) is 11.4. The number of hydrogen-bond donors (Lipinski definition) is 1. The summed E-state index contributed by atoms with van der Waals surface area (Å²) < 4.78 is 34.9. The van der Waals surface area contributed by atoms with Gasteiger partial charge in [0.25, 0.3) is 0 Å². The normalized spacial score (nSPS) is 14.3. The highest BCUT2D eigenvalue weighted by Crippen LogP contribution is 2.43. The smallest absolute Gasteiger partial charge is 0.457 e. The van der Waals surface area contributed by atoms with Crippen LogP contribution in [0.25, 0.3) is 0 Å². The molecule has 294 valence electrons. The maximum Gasteiger partial charge on any atom is 0.472 e. The number of phosphoric acid groups is 1. The highest BCUT2D eigenvalue weighted by Gasteiger charge is 2.26. The van der Waals surface area contributed by atoms with Crippen molar-refractivity contribution in [2.24, 2.45) is 0 Å². The van der Waals surface area contributed by atoms with Gasteiger partial charge in [0.05, 0.1) is 34.4 Å². The first kappa shape index (κ1) is 48.7. The Kier molecular flexibility index (Phi) is 33.9. The Balaban J connectivity index is 4.31. The second kappa shape index (κ2) is 34.8. The molecule has 0 aromatic heterocycles. The number of allylic oxidation sites excluding steroid dienone is 6. The largest absolute Gasteiger partial charge is 0.472 e. The van der Waals surface area contributed by atoms with Gasteiger partial charge in [0, 0.05) is 13.0 Å². The zero-order valence-electron chi connectivity index (χ0n) is 33.1. The molecule has 0 spiro atoms. The van der Waals surface area contributed by atoms with Crippen LogP contribution in [0, 0.1) is 0 Å². The Hall–Kier alpha value is -1.28. The van der Waals surface area contributed by atoms with Crippen LogP contribution in [0.1, 0.15) is 162 Å². The van der Waals surface area contributed by atoms with Gasteiger partial charge in [-0.05, 0) is 64.2 Å². The number of nitrogens with zero attached hydrogens (tertiary/aromatic N) is 1. The third kappa shape index (κ3) is 38.0. The van der Waals surface area contributed by atoms with E-state index in [9.17, 15) is 14.3 Å². The molecule has 0 aliphatic heterocycles. The van der Waals surface area contributed by atoms with Gasteiger partial charge >= 0.3 is 13.8 Å². The summed E-state index contributed by atoms with van der Waals surface area (Å²) >= 11 is 0. The number of rotatable bonds is 37. The fourth-order valence-corrected chi connectivity index (χ4v) is 5.97. The van der Waals surface area contributed by atoms with E-state index in [1.54, 1.807) is 0 Å². The first-order valence-electron chi connectivity index (χ1n) is 20.2. The molecule has 0 saturated carbocycles. The average molecular weight is 729 g/mol. The van der Waals surface area contributed by atoms with Crippen LogP contribution >= 0.6 is 7.82 Å². The molecule has 0 aliphatic rings. The molecule has 1 N–H and O–H groups in total. The van der Waals surface area contributed by atoms with Crippen molar-refractivity contribution in [3.63, 3.8) is 0 Å². The van der Waals surface area contributed by atoms with Crippen LogP contribution in [-0.2, 0) is 27.9 Å². The Morgan fingerprint density at radius 3 is 1.72 bits per heavy atom. The van der Waals surface area contributed by atoms with Gasteiger partial charge in [-0.2, -0.15) is 0 Å². The van der Waals surface area contributed by atoms with Gasteiger partial charge in [0.15, 0.2) is 0 Å². The second-order valence-electron chi connectivity index (χ2n) is 14.7. The Morgan fingerprint density at radius 1 is 0.620 bits per heavy atom. The summed E-state index contributed by atoms with van der Waals surface area (Å²) in [5, 5.41) is 0. The van der Waals surface area contributed by atoms with E-state index in [-0.39, 0.29) is 25.8 Å². The van der Waals surface area contributed by atoms with Crippen LogP contribution in [0.2, 0.25) is 0 Å². The number of phosphoric ester groups is 1. The summed E-state index contributed by atoms with van der Waals surface area (Å²) in [4.78, 5) is 22.8. The molecule has 0 radical (unpaired) electrons. The van der Waals surface area contributed by atoms with E-state index >= 15 is 0 Å². The highest BCUT2D eigenvalue weighted by molar-refractivity contribution is 7.47. The van der Waals surface area contributed by atoms with Crippen molar-refractivity contribution in [3.05, 3.63) is 36.5 Å². The third-order valence-corrected chi connectivity index (χ3v) is 9.39. The number of likely N-dealkylation sites (N-methyl/N-ethyl adjacent to an activating group) is 1. The maximum atomic E-state index is 12.6. The second-order valence-corrected chi connectivity index (χ2v) is 16.1. The molecular formula is C41H79NO7P+. The van der Waals surface area contributed by atoms with Crippen LogP contribution in [-0.4, -0.2) is 75.6 Å². The fourth-order valence-electron chi connectivity index (χ4n) is 5.23. The van der Waals surface area contributed by atoms with Crippen molar-refractivity contribution in [2.45, 2.75) is 168 Å². The van der Waals surface area contributed by atoms with Crippen molar-refractivity contribution >= 4 is 13.8 Å². The van der Waals surface area contributed by atoms with Crippen molar-refractivity contribution < 1.29 is 37.3 Å². The molecule has 8 nitrogen and oxygen atoms in total. The molecule has 2 atom stereocenters. The van der Waals surface area contributed by atoms with Crippen LogP contribution < -0.4 is 0 Å². The van der Waals surface area contributed by atoms with Crippen LogP contribution in [0.3, 0.4) is 0 Å². The van der Waals surface area contributed by atoms with E-state index in [0.29, 0.717) is 24.1 Å². The first-order chi connectivity index (χ1) is 24.1. The minimum atomic E-state index is -4.27. The molecule has 0 heterocycles. The highest BCUT2D eigenvalue weighted by atomic mass is 31.2. The lowest BCUT2D eigenvalue weighted by Crippen LogP contribution is -2.37. The average Bonchev–Trinajstić information content (AvgIpc) is 3.06. The maximum absolute atomic E-state index is 12.6. The molecule has 0 fully saturated rings. The van der Waals surface area contributed by atoms with Crippen molar-refractivity contribution in [1.82, 2.24) is 0 Å². The lowest BCUT2D eigenvalue weighted by Gasteiger charge is -2.24. The summed E-state index contributed by atoms with van der Waals surface area (Å²) in [5.74, 6) is -0.328. The number of hydrogen-bond acceptors (Lipinski definition) is 6. The monoisotopic (exact) mass is 729 g/mol. The molecule has 2 unspecified atom stereocenters.